The zero-order valence-electron chi connectivity index (χ0n) is 8.59. The minimum atomic E-state index is 0.615. The second kappa shape index (κ2) is 3.06. The van der Waals surface area contributed by atoms with Gasteiger partial charge in [0.2, 0.25) is 0 Å². The van der Waals surface area contributed by atoms with Crippen LogP contribution in [0.1, 0.15) is 37.3 Å². The molecule has 1 N–H and O–H groups in total. The molecule has 1 aromatic rings. The van der Waals surface area contributed by atoms with Gasteiger partial charge in [-0.15, -0.1) is 0 Å². The average molecular weight is 175 g/mol. The molecule has 1 heteroatoms. The van der Waals surface area contributed by atoms with Crippen molar-refractivity contribution in [3.8, 4) is 0 Å². The lowest BCUT2D eigenvalue weighted by Crippen LogP contribution is -2.24. The molecule has 0 spiro atoms. The molecule has 0 fully saturated rings. The summed E-state index contributed by atoms with van der Waals surface area (Å²) in [4.78, 5) is 0. The van der Waals surface area contributed by atoms with Crippen LogP contribution >= 0.6 is 0 Å². The van der Waals surface area contributed by atoms with Gasteiger partial charge in [0, 0.05) is 11.7 Å². The Labute approximate surface area is 80.2 Å². The lowest BCUT2D eigenvalue weighted by Gasteiger charge is -2.30. The van der Waals surface area contributed by atoms with Gasteiger partial charge in [-0.1, -0.05) is 19.1 Å². The third-order valence-corrected chi connectivity index (χ3v) is 2.93. The molecule has 1 nitrogen and oxygen atoms in total. The molecule has 2 rings (SSSR count). The van der Waals surface area contributed by atoms with E-state index in [9.17, 15) is 0 Å². The Morgan fingerprint density at radius 1 is 1.31 bits per heavy atom. The Morgan fingerprint density at radius 2 is 2.08 bits per heavy atom. The van der Waals surface area contributed by atoms with Crippen LogP contribution in [0.5, 0.6) is 0 Å². The van der Waals surface area contributed by atoms with Gasteiger partial charge in [-0.2, -0.15) is 0 Å². The van der Waals surface area contributed by atoms with E-state index in [0.717, 1.165) is 0 Å². The van der Waals surface area contributed by atoms with Crippen LogP contribution in [0, 0.1) is 6.92 Å². The first-order chi connectivity index (χ1) is 6.18. The largest absolute Gasteiger partial charge is 0.382 e. The summed E-state index contributed by atoms with van der Waals surface area (Å²) in [5, 5.41) is 3.53. The molecular weight excluding hydrogens is 158 g/mol. The minimum Gasteiger partial charge on any atom is -0.382 e. The molecule has 2 atom stereocenters. The highest BCUT2D eigenvalue weighted by Crippen LogP contribution is 2.35. The van der Waals surface area contributed by atoms with E-state index in [-0.39, 0.29) is 0 Å². The summed E-state index contributed by atoms with van der Waals surface area (Å²) in [5.41, 5.74) is 4.27. The van der Waals surface area contributed by atoms with E-state index in [0.29, 0.717) is 12.0 Å². The first-order valence-electron chi connectivity index (χ1n) is 5.04. The fourth-order valence-electron chi connectivity index (χ4n) is 2.43. The summed E-state index contributed by atoms with van der Waals surface area (Å²) in [6.45, 7) is 6.78. The van der Waals surface area contributed by atoms with Gasteiger partial charge in [0.1, 0.15) is 0 Å². The van der Waals surface area contributed by atoms with Gasteiger partial charge in [-0.25, -0.2) is 0 Å². The van der Waals surface area contributed by atoms with Gasteiger partial charge in [0.05, 0.1) is 0 Å². The van der Waals surface area contributed by atoms with Crippen LogP contribution in [-0.4, -0.2) is 6.04 Å². The molecule has 0 bridgehead atoms. The normalized spacial score (nSPS) is 26.4. The predicted octanol–water partition coefficient (Wildman–Crippen LogP) is 3.30. The molecule has 1 aliphatic heterocycles. The summed E-state index contributed by atoms with van der Waals surface area (Å²) in [6, 6.07) is 7.14. The summed E-state index contributed by atoms with van der Waals surface area (Å²) >= 11 is 0. The first-order valence-corrected chi connectivity index (χ1v) is 5.04. The SMILES string of the molecule is Cc1cccc2c1C(C)CC(C)N2. The maximum atomic E-state index is 3.53. The van der Waals surface area contributed by atoms with E-state index >= 15 is 0 Å². The van der Waals surface area contributed by atoms with E-state index in [4.69, 9.17) is 0 Å². The van der Waals surface area contributed by atoms with Gasteiger partial charge >= 0.3 is 0 Å². The summed E-state index contributed by atoms with van der Waals surface area (Å²) in [5.74, 6) is 0.701. The van der Waals surface area contributed by atoms with Gasteiger partial charge < -0.3 is 5.32 Å². The number of hydrogen-bond donors (Lipinski definition) is 1. The summed E-state index contributed by atoms with van der Waals surface area (Å²) < 4.78 is 0. The minimum absolute atomic E-state index is 0.615. The molecule has 0 radical (unpaired) electrons. The van der Waals surface area contributed by atoms with Crippen LogP contribution < -0.4 is 5.32 Å². The Kier molecular flexibility index (Phi) is 2.03. The smallest absolute Gasteiger partial charge is 0.0380 e. The van der Waals surface area contributed by atoms with Crippen molar-refractivity contribution >= 4 is 5.69 Å². The van der Waals surface area contributed by atoms with Crippen molar-refractivity contribution in [3.05, 3.63) is 29.3 Å². The number of rotatable bonds is 0. The van der Waals surface area contributed by atoms with E-state index in [1.54, 1.807) is 0 Å². The third kappa shape index (κ3) is 1.43. The Balaban J connectivity index is 2.49. The number of nitrogens with one attached hydrogen (secondary N) is 1. The Bertz CT molecular complexity index is 317. The second-order valence-corrected chi connectivity index (χ2v) is 4.22. The topological polar surface area (TPSA) is 12.0 Å². The molecule has 70 valence electrons. The molecule has 2 unspecified atom stereocenters. The lowest BCUT2D eigenvalue weighted by molar-refractivity contribution is 0.587. The molecule has 1 heterocycles. The molecule has 1 aliphatic rings. The fourth-order valence-corrected chi connectivity index (χ4v) is 2.43. The van der Waals surface area contributed by atoms with Crippen LogP contribution in [-0.2, 0) is 0 Å². The zero-order chi connectivity index (χ0) is 9.42. The monoisotopic (exact) mass is 175 g/mol. The van der Waals surface area contributed by atoms with Crippen molar-refractivity contribution in [2.24, 2.45) is 0 Å². The van der Waals surface area contributed by atoms with Crippen molar-refractivity contribution < 1.29 is 0 Å². The molecular formula is C12H17N. The van der Waals surface area contributed by atoms with Crippen LogP contribution in [0.3, 0.4) is 0 Å². The van der Waals surface area contributed by atoms with E-state index in [2.05, 4.69) is 44.3 Å². The molecule has 13 heavy (non-hydrogen) atoms. The van der Waals surface area contributed by atoms with Crippen molar-refractivity contribution in [1.82, 2.24) is 0 Å². The zero-order valence-corrected chi connectivity index (χ0v) is 8.59. The van der Waals surface area contributed by atoms with Crippen molar-refractivity contribution in [1.29, 1.82) is 0 Å². The molecule has 0 saturated carbocycles. The van der Waals surface area contributed by atoms with Crippen LogP contribution in [0.25, 0.3) is 0 Å². The quantitative estimate of drug-likeness (QED) is 0.638. The van der Waals surface area contributed by atoms with Crippen molar-refractivity contribution in [2.75, 3.05) is 5.32 Å². The average Bonchev–Trinajstić information content (AvgIpc) is 2.02. The van der Waals surface area contributed by atoms with E-state index in [1.807, 2.05) is 0 Å². The fraction of sp³-hybridized carbons (Fsp3) is 0.500. The standard InChI is InChI=1S/C12H17N/c1-8-5-4-6-11-12(8)9(2)7-10(3)13-11/h4-6,9-10,13H,7H2,1-3H3. The number of benzene rings is 1. The number of hydrogen-bond acceptors (Lipinski definition) is 1. The highest BCUT2D eigenvalue weighted by Gasteiger charge is 2.21. The molecule has 0 aromatic heterocycles. The second-order valence-electron chi connectivity index (χ2n) is 4.22. The molecule has 1 aromatic carbocycles. The van der Waals surface area contributed by atoms with Crippen molar-refractivity contribution in [3.63, 3.8) is 0 Å². The molecule has 0 amide bonds. The summed E-state index contributed by atoms with van der Waals surface area (Å²) in [6.07, 6.45) is 1.25. The van der Waals surface area contributed by atoms with E-state index < -0.39 is 0 Å². The number of anilines is 1. The van der Waals surface area contributed by atoms with Crippen LogP contribution in [0.4, 0.5) is 5.69 Å². The highest BCUT2D eigenvalue weighted by molar-refractivity contribution is 5.58. The lowest BCUT2D eigenvalue weighted by atomic mass is 9.86. The van der Waals surface area contributed by atoms with Gasteiger partial charge in [-0.05, 0) is 43.4 Å². The Morgan fingerprint density at radius 3 is 2.85 bits per heavy atom. The van der Waals surface area contributed by atoms with Gasteiger partial charge in [0.25, 0.3) is 0 Å². The third-order valence-electron chi connectivity index (χ3n) is 2.93. The Hall–Kier alpha value is -0.980. The highest BCUT2D eigenvalue weighted by atomic mass is 14.9. The molecule has 0 aliphatic carbocycles. The first kappa shape index (κ1) is 8.61. The van der Waals surface area contributed by atoms with Gasteiger partial charge in [-0.3, -0.25) is 0 Å². The maximum Gasteiger partial charge on any atom is 0.0380 e. The summed E-state index contributed by atoms with van der Waals surface area (Å²) in [7, 11) is 0. The van der Waals surface area contributed by atoms with Crippen LogP contribution in [0.2, 0.25) is 0 Å². The maximum absolute atomic E-state index is 3.53. The van der Waals surface area contributed by atoms with Gasteiger partial charge in [0.15, 0.2) is 0 Å². The van der Waals surface area contributed by atoms with Crippen LogP contribution in [0.15, 0.2) is 18.2 Å². The predicted molar refractivity (Wildman–Crippen MR) is 57.3 cm³/mol. The number of aryl methyl sites for hydroxylation is 1. The number of fused-ring (bicyclic) bond motifs is 1. The molecule has 0 saturated heterocycles. The van der Waals surface area contributed by atoms with E-state index in [1.165, 1.54) is 23.2 Å². The van der Waals surface area contributed by atoms with Crippen molar-refractivity contribution in [2.45, 2.75) is 39.2 Å².